The fourth-order valence-corrected chi connectivity index (χ4v) is 4.87. The van der Waals surface area contributed by atoms with Crippen molar-refractivity contribution in [3.05, 3.63) is 93.3 Å². The lowest BCUT2D eigenvalue weighted by Crippen LogP contribution is -2.27. The van der Waals surface area contributed by atoms with Gasteiger partial charge in [0.05, 0.1) is 17.2 Å². The van der Waals surface area contributed by atoms with E-state index in [1.54, 1.807) is 4.90 Å². The third-order valence-electron chi connectivity index (χ3n) is 4.96. The minimum absolute atomic E-state index is 0.132. The molecule has 1 aliphatic heterocycles. The maximum absolute atomic E-state index is 13.1. The molecule has 1 saturated heterocycles. The van der Waals surface area contributed by atoms with E-state index in [4.69, 9.17) is 33.3 Å². The van der Waals surface area contributed by atoms with Crippen LogP contribution in [0.25, 0.3) is 6.08 Å². The van der Waals surface area contributed by atoms with Crippen LogP contribution in [-0.2, 0) is 11.4 Å². The molecule has 0 aromatic heterocycles. The Kier molecular flexibility index (Phi) is 7.38. The molecule has 0 N–H and O–H groups in total. The lowest BCUT2D eigenvalue weighted by Gasteiger charge is -2.15. The molecular weight excluding hydrogens is 474 g/mol. The zero-order valence-corrected chi connectivity index (χ0v) is 20.6. The number of carbonyl (C=O) groups excluding carboxylic acids is 1. The van der Waals surface area contributed by atoms with Gasteiger partial charge in [-0.1, -0.05) is 72.0 Å². The Balaban J connectivity index is 1.56. The van der Waals surface area contributed by atoms with Crippen molar-refractivity contribution >= 4 is 57.6 Å². The van der Waals surface area contributed by atoms with Gasteiger partial charge in [0.15, 0.2) is 15.8 Å². The van der Waals surface area contributed by atoms with Gasteiger partial charge in [0.1, 0.15) is 6.61 Å². The Morgan fingerprint density at radius 2 is 1.85 bits per heavy atom. The smallest absolute Gasteiger partial charge is 0.270 e. The summed E-state index contributed by atoms with van der Waals surface area (Å²) in [6.07, 6.45) is 1.83. The summed E-state index contributed by atoms with van der Waals surface area (Å²) >= 11 is 13.0. The molecule has 0 spiro atoms. The number of aryl methyl sites for hydroxylation is 1. The lowest BCUT2D eigenvalue weighted by atomic mass is 10.1. The number of anilines is 1. The van der Waals surface area contributed by atoms with Crippen molar-refractivity contribution in [2.45, 2.75) is 20.5 Å². The predicted octanol–water partition coefficient (Wildman–Crippen LogP) is 7.03. The van der Waals surface area contributed by atoms with E-state index in [-0.39, 0.29) is 5.91 Å². The average Bonchev–Trinajstić information content (AvgIpc) is 3.07. The number of halogens is 1. The van der Waals surface area contributed by atoms with Gasteiger partial charge in [-0.2, -0.15) is 0 Å². The Labute approximate surface area is 208 Å². The molecule has 0 unspecified atom stereocenters. The van der Waals surface area contributed by atoms with E-state index in [1.165, 1.54) is 11.8 Å². The molecule has 4 nitrogen and oxygen atoms in total. The van der Waals surface area contributed by atoms with Crippen molar-refractivity contribution in [2.75, 3.05) is 11.5 Å². The van der Waals surface area contributed by atoms with Crippen molar-refractivity contribution < 1.29 is 14.3 Å². The summed E-state index contributed by atoms with van der Waals surface area (Å²) < 4.78 is 12.3. The van der Waals surface area contributed by atoms with Crippen LogP contribution in [0.1, 0.15) is 23.6 Å². The van der Waals surface area contributed by atoms with E-state index in [2.05, 4.69) is 0 Å². The van der Waals surface area contributed by atoms with Crippen LogP contribution in [0, 0.1) is 6.92 Å². The third-order valence-corrected chi connectivity index (χ3v) is 6.63. The predicted molar refractivity (Wildman–Crippen MR) is 140 cm³/mol. The van der Waals surface area contributed by atoms with Crippen LogP contribution in [0.2, 0.25) is 5.02 Å². The van der Waals surface area contributed by atoms with Crippen LogP contribution < -0.4 is 14.4 Å². The number of amides is 1. The quantitative estimate of drug-likeness (QED) is 0.260. The average molecular weight is 496 g/mol. The fourth-order valence-electron chi connectivity index (χ4n) is 3.38. The van der Waals surface area contributed by atoms with E-state index in [9.17, 15) is 4.79 Å². The highest BCUT2D eigenvalue weighted by Crippen LogP contribution is 2.37. The summed E-state index contributed by atoms with van der Waals surface area (Å²) in [5.74, 6) is 1.08. The van der Waals surface area contributed by atoms with E-state index in [0.717, 1.165) is 22.4 Å². The summed E-state index contributed by atoms with van der Waals surface area (Å²) in [6.45, 7) is 4.72. The highest BCUT2D eigenvalue weighted by Gasteiger charge is 2.33. The number of carbonyl (C=O) groups is 1. The standard InChI is InChI=1S/C26H22ClNO3S2/c1-3-30-23-14-18(11-12-22(23)31-16-19-8-4-5-10-21(19)27)15-24-25(29)28(26(32)33-24)20-9-6-7-17(2)13-20/h4-15H,3,16H2,1-2H3/b24-15+. The normalized spacial score (nSPS) is 14.8. The molecule has 0 bridgehead atoms. The van der Waals surface area contributed by atoms with Crippen LogP contribution in [0.15, 0.2) is 71.6 Å². The molecule has 33 heavy (non-hydrogen) atoms. The molecule has 1 amide bonds. The van der Waals surface area contributed by atoms with Crippen LogP contribution >= 0.6 is 35.6 Å². The second-order valence-electron chi connectivity index (χ2n) is 7.38. The molecule has 4 rings (SSSR count). The fraction of sp³-hybridized carbons (Fsp3) is 0.154. The molecule has 1 fully saturated rings. The molecule has 3 aromatic carbocycles. The largest absolute Gasteiger partial charge is 0.490 e. The molecule has 7 heteroatoms. The molecule has 0 saturated carbocycles. The summed E-state index contributed by atoms with van der Waals surface area (Å²) in [5.41, 5.74) is 3.57. The Bertz CT molecular complexity index is 1240. The zero-order valence-electron chi connectivity index (χ0n) is 18.2. The molecule has 1 heterocycles. The van der Waals surface area contributed by atoms with Crippen molar-refractivity contribution in [3.63, 3.8) is 0 Å². The second kappa shape index (κ2) is 10.4. The SMILES string of the molecule is CCOc1cc(/C=C2/SC(=S)N(c3cccc(C)c3)C2=O)ccc1OCc1ccccc1Cl. The zero-order chi connectivity index (χ0) is 23.4. The van der Waals surface area contributed by atoms with Gasteiger partial charge in [-0.3, -0.25) is 9.69 Å². The lowest BCUT2D eigenvalue weighted by molar-refractivity contribution is -0.113. The number of rotatable bonds is 7. The van der Waals surface area contributed by atoms with Crippen LogP contribution in [-0.4, -0.2) is 16.8 Å². The number of hydrogen-bond donors (Lipinski definition) is 0. The van der Waals surface area contributed by atoms with Gasteiger partial charge in [-0.15, -0.1) is 0 Å². The molecule has 1 aliphatic rings. The van der Waals surface area contributed by atoms with Gasteiger partial charge in [0.2, 0.25) is 0 Å². The number of thiocarbonyl (C=S) groups is 1. The highest BCUT2D eigenvalue weighted by molar-refractivity contribution is 8.27. The van der Waals surface area contributed by atoms with Crippen molar-refractivity contribution in [1.82, 2.24) is 0 Å². The molecule has 168 valence electrons. The number of nitrogens with zero attached hydrogens (tertiary/aromatic N) is 1. The van der Waals surface area contributed by atoms with Crippen molar-refractivity contribution in [1.29, 1.82) is 0 Å². The Morgan fingerprint density at radius 1 is 1.03 bits per heavy atom. The molecular formula is C26H22ClNO3S2. The van der Waals surface area contributed by atoms with Crippen LogP contribution in [0.4, 0.5) is 5.69 Å². The van der Waals surface area contributed by atoms with E-state index in [1.807, 2.05) is 86.7 Å². The first kappa shape index (κ1) is 23.4. The minimum Gasteiger partial charge on any atom is -0.490 e. The van der Waals surface area contributed by atoms with Crippen LogP contribution in [0.3, 0.4) is 0 Å². The first-order chi connectivity index (χ1) is 16.0. The maximum Gasteiger partial charge on any atom is 0.270 e. The second-order valence-corrected chi connectivity index (χ2v) is 9.46. The minimum atomic E-state index is -0.132. The monoisotopic (exact) mass is 495 g/mol. The topological polar surface area (TPSA) is 38.8 Å². The first-order valence-electron chi connectivity index (χ1n) is 10.4. The molecule has 0 atom stereocenters. The van der Waals surface area contributed by atoms with Gasteiger partial charge < -0.3 is 9.47 Å². The summed E-state index contributed by atoms with van der Waals surface area (Å²) in [4.78, 5) is 15.2. The summed E-state index contributed by atoms with van der Waals surface area (Å²) in [5, 5.41) is 0.655. The van der Waals surface area contributed by atoms with E-state index in [0.29, 0.717) is 39.0 Å². The molecule has 3 aromatic rings. The summed E-state index contributed by atoms with van der Waals surface area (Å²) in [7, 11) is 0. The maximum atomic E-state index is 13.1. The summed E-state index contributed by atoms with van der Waals surface area (Å²) in [6, 6.07) is 20.9. The van der Waals surface area contributed by atoms with Gasteiger partial charge in [-0.05, 0) is 61.4 Å². The van der Waals surface area contributed by atoms with Crippen LogP contribution in [0.5, 0.6) is 11.5 Å². The van der Waals surface area contributed by atoms with Gasteiger partial charge >= 0.3 is 0 Å². The highest BCUT2D eigenvalue weighted by atomic mass is 35.5. The van der Waals surface area contributed by atoms with Gasteiger partial charge in [0, 0.05) is 10.6 Å². The van der Waals surface area contributed by atoms with E-state index < -0.39 is 0 Å². The number of ether oxygens (including phenoxy) is 2. The molecule has 0 radical (unpaired) electrons. The molecule has 0 aliphatic carbocycles. The Hall–Kier alpha value is -2.80. The van der Waals surface area contributed by atoms with E-state index >= 15 is 0 Å². The first-order valence-corrected chi connectivity index (χ1v) is 12.0. The third kappa shape index (κ3) is 5.41. The van der Waals surface area contributed by atoms with Gasteiger partial charge in [0.25, 0.3) is 5.91 Å². The van der Waals surface area contributed by atoms with Crippen molar-refractivity contribution in [2.24, 2.45) is 0 Å². The number of thioether (sulfide) groups is 1. The van der Waals surface area contributed by atoms with Gasteiger partial charge in [-0.25, -0.2) is 0 Å². The number of benzene rings is 3. The number of hydrogen-bond acceptors (Lipinski definition) is 5. The Morgan fingerprint density at radius 3 is 2.61 bits per heavy atom. The van der Waals surface area contributed by atoms with Crippen molar-refractivity contribution in [3.8, 4) is 11.5 Å².